The first kappa shape index (κ1) is 32.7. The molecular weight excluding hydrogens is 518 g/mol. The van der Waals surface area contributed by atoms with Crippen LogP contribution in [0.1, 0.15) is 51.5 Å². The fourth-order valence-electron chi connectivity index (χ4n) is 4.13. The number of aliphatic hydroxyl groups is 1. The summed E-state index contributed by atoms with van der Waals surface area (Å²) in [7, 11) is 0. The van der Waals surface area contributed by atoms with Gasteiger partial charge in [0.2, 0.25) is 17.7 Å². The molecule has 222 valence electrons. The van der Waals surface area contributed by atoms with Crippen LogP contribution in [0.4, 0.5) is 5.69 Å². The van der Waals surface area contributed by atoms with Gasteiger partial charge in [0.05, 0.1) is 30.9 Å². The summed E-state index contributed by atoms with van der Waals surface area (Å²) >= 11 is 0. The van der Waals surface area contributed by atoms with Gasteiger partial charge in [-0.1, -0.05) is 43.2 Å². The molecule has 40 heavy (non-hydrogen) atoms. The third-order valence-electron chi connectivity index (χ3n) is 6.64. The quantitative estimate of drug-likeness (QED) is 0.189. The predicted molar refractivity (Wildman–Crippen MR) is 150 cm³/mol. The molecule has 0 saturated heterocycles. The van der Waals surface area contributed by atoms with Crippen molar-refractivity contribution in [3.05, 3.63) is 42.0 Å². The third-order valence-corrected chi connectivity index (χ3v) is 6.64. The van der Waals surface area contributed by atoms with Crippen LogP contribution in [0.15, 0.2) is 36.4 Å². The summed E-state index contributed by atoms with van der Waals surface area (Å²) in [5.41, 5.74) is 7.77. The zero-order valence-electron chi connectivity index (χ0n) is 23.4. The van der Waals surface area contributed by atoms with Crippen molar-refractivity contribution in [2.75, 3.05) is 18.5 Å². The van der Waals surface area contributed by atoms with Gasteiger partial charge in [-0.05, 0) is 45.2 Å². The van der Waals surface area contributed by atoms with Gasteiger partial charge in [0.25, 0.3) is 0 Å². The molecule has 1 aromatic rings. The van der Waals surface area contributed by atoms with Crippen molar-refractivity contribution in [1.29, 1.82) is 0 Å². The highest BCUT2D eigenvalue weighted by Gasteiger charge is 2.33. The summed E-state index contributed by atoms with van der Waals surface area (Å²) < 4.78 is 5.77. The van der Waals surface area contributed by atoms with Crippen molar-refractivity contribution >= 4 is 29.4 Å². The average molecular weight is 562 g/mol. The Labute approximate surface area is 235 Å². The van der Waals surface area contributed by atoms with Crippen molar-refractivity contribution in [1.82, 2.24) is 16.0 Å². The number of aliphatic hydroxyl groups excluding tert-OH is 1. The number of ether oxygens (including phenoxy) is 1. The van der Waals surface area contributed by atoms with Gasteiger partial charge < -0.3 is 42.0 Å². The Morgan fingerprint density at radius 3 is 2.50 bits per heavy atom. The van der Waals surface area contributed by atoms with E-state index in [9.17, 15) is 24.3 Å². The fourth-order valence-corrected chi connectivity index (χ4v) is 4.13. The third kappa shape index (κ3) is 10.9. The summed E-state index contributed by atoms with van der Waals surface area (Å²) in [5.74, 6) is -2.88. The number of hydrogen-bond donors (Lipinski definition) is 7. The number of carboxylic acids is 1. The minimum Gasteiger partial charge on any atom is -0.481 e. The summed E-state index contributed by atoms with van der Waals surface area (Å²) in [4.78, 5) is 50.0. The van der Waals surface area contributed by atoms with Crippen molar-refractivity contribution in [2.45, 2.75) is 89.3 Å². The van der Waals surface area contributed by atoms with Crippen molar-refractivity contribution in [3.63, 3.8) is 0 Å². The van der Waals surface area contributed by atoms with Crippen LogP contribution in [0, 0.1) is 6.92 Å². The van der Waals surface area contributed by atoms with E-state index in [1.54, 1.807) is 19.1 Å². The first-order chi connectivity index (χ1) is 19.0. The van der Waals surface area contributed by atoms with E-state index in [4.69, 9.17) is 15.6 Å². The number of amides is 3. The Kier molecular flexibility index (Phi) is 13.6. The van der Waals surface area contributed by atoms with Crippen LogP contribution in [0.2, 0.25) is 0 Å². The van der Waals surface area contributed by atoms with Gasteiger partial charge in [-0.15, -0.1) is 0 Å². The molecule has 6 atom stereocenters. The molecule has 3 amide bonds. The smallest absolute Gasteiger partial charge is 0.303 e. The minimum atomic E-state index is -1.18. The molecule has 0 spiro atoms. The highest BCUT2D eigenvalue weighted by atomic mass is 16.5. The topological polar surface area (TPSA) is 192 Å². The molecule has 12 heteroatoms. The molecule has 1 aliphatic heterocycles. The van der Waals surface area contributed by atoms with Crippen LogP contribution in [0.5, 0.6) is 0 Å². The number of carbonyl (C=O) groups excluding carboxylic acids is 3. The van der Waals surface area contributed by atoms with Crippen LogP contribution in [-0.4, -0.2) is 83.4 Å². The number of nitrogens with two attached hydrogens (primary N) is 1. The molecule has 0 radical (unpaired) electrons. The van der Waals surface area contributed by atoms with E-state index in [-0.39, 0.29) is 26.0 Å². The highest BCUT2D eigenvalue weighted by Crippen LogP contribution is 2.12. The second-order valence-corrected chi connectivity index (χ2v) is 10.0. The monoisotopic (exact) mass is 561 g/mol. The number of carbonyl (C=O) groups is 4. The lowest BCUT2D eigenvalue weighted by molar-refractivity contribution is -0.138. The van der Waals surface area contributed by atoms with Gasteiger partial charge in [-0.25, -0.2) is 0 Å². The number of carboxylic acid groups (broad SMARTS) is 1. The molecule has 1 heterocycles. The van der Waals surface area contributed by atoms with Crippen LogP contribution >= 0.6 is 0 Å². The molecular formula is C28H43N5O7. The van der Waals surface area contributed by atoms with Crippen LogP contribution < -0.4 is 27.0 Å². The Bertz CT molecular complexity index is 1020. The maximum Gasteiger partial charge on any atom is 0.303 e. The van der Waals surface area contributed by atoms with E-state index in [1.165, 1.54) is 0 Å². The number of rotatable bonds is 11. The van der Waals surface area contributed by atoms with E-state index in [1.807, 2.05) is 38.1 Å². The molecule has 0 saturated carbocycles. The van der Waals surface area contributed by atoms with E-state index < -0.39 is 60.1 Å². The van der Waals surface area contributed by atoms with Crippen LogP contribution in [0.3, 0.4) is 0 Å². The standard InChI is InChI=1S/C28H43N5O7/c1-4-7-22-27(38)31-21(23(34)16-30-19-11-9-17(2)10-12-19)8-5-6-15-40-18(3)25(28(39)32-22)33-26(37)20(29)13-14-24(35)36/h5-6,9-12,18,20-23,25,30,34H,4,7-8,13-16,29H2,1-3H3,(H,31,38)(H,32,39)(H,33,37)(H,35,36)/b6-5+/t18-,20+,21+,22+,23-,25+/m1/s1. The molecule has 2 rings (SSSR count). The van der Waals surface area contributed by atoms with Gasteiger partial charge in [0, 0.05) is 18.7 Å². The van der Waals surface area contributed by atoms with E-state index in [2.05, 4.69) is 21.3 Å². The number of hydrogen-bond acceptors (Lipinski definition) is 8. The molecule has 1 aromatic carbocycles. The van der Waals surface area contributed by atoms with Gasteiger partial charge in [-0.2, -0.15) is 0 Å². The van der Waals surface area contributed by atoms with Gasteiger partial charge >= 0.3 is 5.97 Å². The van der Waals surface area contributed by atoms with Gasteiger partial charge in [0.15, 0.2) is 0 Å². The number of nitrogens with one attached hydrogen (secondary N) is 4. The largest absolute Gasteiger partial charge is 0.481 e. The first-order valence-corrected chi connectivity index (χ1v) is 13.7. The molecule has 0 fully saturated rings. The summed E-state index contributed by atoms with van der Waals surface area (Å²) in [6, 6.07) is 3.85. The lowest BCUT2D eigenvalue weighted by Crippen LogP contribution is -2.60. The maximum absolute atomic E-state index is 13.3. The van der Waals surface area contributed by atoms with Crippen LogP contribution in [-0.2, 0) is 23.9 Å². The molecule has 0 aromatic heterocycles. The molecule has 0 unspecified atom stereocenters. The summed E-state index contributed by atoms with van der Waals surface area (Å²) in [6.07, 6.45) is 2.62. The Hall–Kier alpha value is -3.48. The Balaban J connectivity index is 2.16. The highest BCUT2D eigenvalue weighted by molar-refractivity contribution is 5.93. The average Bonchev–Trinajstić information content (AvgIpc) is 2.92. The normalized spacial score (nSPS) is 24.6. The molecule has 8 N–H and O–H groups in total. The summed E-state index contributed by atoms with van der Waals surface area (Å²) in [5, 5.41) is 31.1. The van der Waals surface area contributed by atoms with Gasteiger partial charge in [-0.3, -0.25) is 19.2 Å². The second kappa shape index (κ2) is 16.6. The summed E-state index contributed by atoms with van der Waals surface area (Å²) in [6.45, 7) is 5.77. The van der Waals surface area contributed by atoms with Crippen molar-refractivity contribution in [2.24, 2.45) is 5.73 Å². The molecule has 0 aliphatic carbocycles. The van der Waals surface area contributed by atoms with E-state index in [0.717, 1.165) is 11.3 Å². The molecule has 1 aliphatic rings. The molecule has 0 bridgehead atoms. The van der Waals surface area contributed by atoms with E-state index in [0.29, 0.717) is 19.3 Å². The lowest BCUT2D eigenvalue weighted by atomic mass is 10.0. The zero-order chi connectivity index (χ0) is 29.7. The van der Waals surface area contributed by atoms with Crippen LogP contribution in [0.25, 0.3) is 0 Å². The minimum absolute atomic E-state index is 0.100. The number of aryl methyl sites for hydroxylation is 1. The predicted octanol–water partition coefficient (Wildman–Crippen LogP) is 0.579. The lowest BCUT2D eigenvalue weighted by Gasteiger charge is -2.29. The van der Waals surface area contributed by atoms with Crippen molar-refractivity contribution < 1.29 is 34.1 Å². The maximum atomic E-state index is 13.3. The number of anilines is 1. The number of benzene rings is 1. The van der Waals surface area contributed by atoms with Crippen molar-refractivity contribution in [3.8, 4) is 0 Å². The fraction of sp³-hybridized carbons (Fsp3) is 0.571. The second-order valence-electron chi connectivity index (χ2n) is 10.0. The SMILES string of the molecule is CCC[C@@H]1NC(=O)[C@@H](NC(=O)[C@@H](N)CCC(=O)O)[C@@H](C)OC/C=C/C[C@@H]([C@H](O)CNc2ccc(C)cc2)NC1=O. The van der Waals surface area contributed by atoms with E-state index >= 15 is 0 Å². The number of aliphatic carboxylic acids is 1. The molecule has 12 nitrogen and oxygen atoms in total. The first-order valence-electron chi connectivity index (χ1n) is 13.7. The zero-order valence-corrected chi connectivity index (χ0v) is 23.4. The Morgan fingerprint density at radius 2 is 1.85 bits per heavy atom. The van der Waals surface area contributed by atoms with Gasteiger partial charge in [0.1, 0.15) is 12.1 Å². The Morgan fingerprint density at radius 1 is 1.15 bits per heavy atom.